The lowest BCUT2D eigenvalue weighted by Crippen LogP contribution is -2.06. The minimum absolute atomic E-state index is 0.893. The molecule has 62 valence electrons. The second-order valence-electron chi connectivity index (χ2n) is 2.83. The number of rotatable bonds is 1. The van der Waals surface area contributed by atoms with E-state index in [-0.39, 0.29) is 0 Å². The van der Waals surface area contributed by atoms with E-state index in [2.05, 4.69) is 36.6 Å². The first-order chi connectivity index (χ1) is 5.79. The van der Waals surface area contributed by atoms with Gasteiger partial charge in [0.1, 0.15) is 5.69 Å². The molecule has 0 aliphatic carbocycles. The SMILES string of the molecule is C=[N+]1Cc2ccc(SC)cc2N1. The van der Waals surface area contributed by atoms with Crippen LogP contribution in [0.1, 0.15) is 5.56 Å². The predicted octanol–water partition coefficient (Wildman–Crippen LogP) is 1.96. The fraction of sp³-hybridized carbons (Fsp3) is 0.222. The van der Waals surface area contributed by atoms with Gasteiger partial charge < -0.3 is 0 Å². The van der Waals surface area contributed by atoms with Gasteiger partial charge in [-0.2, -0.15) is 5.43 Å². The molecule has 0 bridgehead atoms. The Balaban J connectivity index is 2.41. The monoisotopic (exact) mass is 179 g/mol. The topological polar surface area (TPSA) is 15.0 Å². The van der Waals surface area contributed by atoms with Crippen molar-refractivity contribution in [1.82, 2.24) is 0 Å². The van der Waals surface area contributed by atoms with Crippen LogP contribution in [0.2, 0.25) is 0 Å². The van der Waals surface area contributed by atoms with E-state index >= 15 is 0 Å². The molecule has 0 atom stereocenters. The van der Waals surface area contributed by atoms with Crippen molar-refractivity contribution in [2.75, 3.05) is 11.7 Å². The summed E-state index contributed by atoms with van der Waals surface area (Å²) in [6.45, 7) is 4.72. The first kappa shape index (κ1) is 7.68. The summed E-state index contributed by atoms with van der Waals surface area (Å²) in [7, 11) is 0. The molecule has 3 heteroatoms. The van der Waals surface area contributed by atoms with E-state index in [9.17, 15) is 0 Å². The van der Waals surface area contributed by atoms with Crippen molar-refractivity contribution in [3.05, 3.63) is 23.8 Å². The van der Waals surface area contributed by atoms with Gasteiger partial charge in [0.25, 0.3) is 0 Å². The largest absolute Gasteiger partial charge is 0.198 e. The van der Waals surface area contributed by atoms with E-state index < -0.39 is 0 Å². The maximum atomic E-state index is 3.82. The first-order valence-electron chi connectivity index (χ1n) is 3.81. The molecule has 1 N–H and O–H groups in total. The van der Waals surface area contributed by atoms with Gasteiger partial charge >= 0.3 is 0 Å². The van der Waals surface area contributed by atoms with E-state index in [1.807, 2.05) is 4.68 Å². The zero-order chi connectivity index (χ0) is 8.55. The summed E-state index contributed by atoms with van der Waals surface area (Å²) in [6.07, 6.45) is 2.08. The maximum absolute atomic E-state index is 3.82. The van der Waals surface area contributed by atoms with Crippen LogP contribution in [-0.4, -0.2) is 17.7 Å². The molecule has 1 aromatic rings. The van der Waals surface area contributed by atoms with Crippen molar-refractivity contribution in [2.45, 2.75) is 11.4 Å². The van der Waals surface area contributed by atoms with Gasteiger partial charge in [0, 0.05) is 10.5 Å². The second kappa shape index (κ2) is 2.83. The molecule has 0 unspecified atom stereocenters. The molecule has 0 amide bonds. The third-order valence-electron chi connectivity index (χ3n) is 1.96. The van der Waals surface area contributed by atoms with Gasteiger partial charge in [-0.05, 0) is 24.5 Å². The fourth-order valence-corrected chi connectivity index (χ4v) is 1.78. The van der Waals surface area contributed by atoms with E-state index in [1.54, 1.807) is 11.8 Å². The van der Waals surface area contributed by atoms with E-state index in [0.717, 1.165) is 6.54 Å². The molecule has 1 aliphatic rings. The minimum atomic E-state index is 0.893. The highest BCUT2D eigenvalue weighted by atomic mass is 32.2. The van der Waals surface area contributed by atoms with Crippen molar-refractivity contribution in [3.63, 3.8) is 0 Å². The predicted molar refractivity (Wildman–Crippen MR) is 52.9 cm³/mol. The molecule has 0 saturated heterocycles. The molecule has 2 rings (SSSR count). The number of nitrogens with one attached hydrogen (secondary N) is 1. The fourth-order valence-electron chi connectivity index (χ4n) is 1.34. The van der Waals surface area contributed by atoms with Crippen molar-refractivity contribution < 1.29 is 4.68 Å². The van der Waals surface area contributed by atoms with Crippen molar-refractivity contribution in [3.8, 4) is 0 Å². The van der Waals surface area contributed by atoms with Crippen LogP contribution in [0.5, 0.6) is 0 Å². The Bertz CT molecular complexity index is 333. The number of hydrogen-bond acceptors (Lipinski definition) is 2. The molecule has 2 nitrogen and oxygen atoms in total. The highest BCUT2D eigenvalue weighted by molar-refractivity contribution is 7.98. The quantitative estimate of drug-likeness (QED) is 0.523. The van der Waals surface area contributed by atoms with Crippen LogP contribution < -0.4 is 5.43 Å². The molecule has 12 heavy (non-hydrogen) atoms. The number of hydrazine groups is 1. The molecule has 0 aromatic heterocycles. The molecular weight excluding hydrogens is 168 g/mol. The Morgan fingerprint density at radius 2 is 2.42 bits per heavy atom. The summed E-state index contributed by atoms with van der Waals surface area (Å²) < 4.78 is 1.84. The Hall–Kier alpha value is -0.960. The van der Waals surface area contributed by atoms with Crippen LogP contribution in [0.3, 0.4) is 0 Å². The van der Waals surface area contributed by atoms with Crippen LogP contribution in [0.25, 0.3) is 0 Å². The average molecular weight is 179 g/mol. The molecule has 0 spiro atoms. The zero-order valence-electron chi connectivity index (χ0n) is 7.00. The number of hydrogen-bond donors (Lipinski definition) is 1. The standard InChI is InChI=1S/C9H11N2S/c1-11-6-7-3-4-8(12-2)5-9(7)10-11/h3-5,10H,1,6H2,2H3/q+1. The molecule has 0 radical (unpaired) electrons. The molecule has 1 aliphatic heterocycles. The lowest BCUT2D eigenvalue weighted by molar-refractivity contribution is -0.495. The highest BCUT2D eigenvalue weighted by Gasteiger charge is 2.18. The lowest BCUT2D eigenvalue weighted by atomic mass is 10.2. The second-order valence-corrected chi connectivity index (χ2v) is 3.71. The number of fused-ring (bicyclic) bond motifs is 1. The van der Waals surface area contributed by atoms with E-state index in [1.165, 1.54) is 16.1 Å². The van der Waals surface area contributed by atoms with Gasteiger partial charge in [-0.1, -0.05) is 0 Å². The van der Waals surface area contributed by atoms with Crippen LogP contribution in [0.15, 0.2) is 23.1 Å². The number of thioether (sulfide) groups is 1. The van der Waals surface area contributed by atoms with Gasteiger partial charge in [-0.25, -0.2) is 0 Å². The molecule has 0 saturated carbocycles. The molecule has 0 fully saturated rings. The molecule has 1 heterocycles. The third kappa shape index (κ3) is 1.20. The van der Waals surface area contributed by atoms with Gasteiger partial charge in [0.2, 0.25) is 0 Å². The molecular formula is C9H11N2S+. The van der Waals surface area contributed by atoms with Crippen LogP contribution in [-0.2, 0) is 6.54 Å². The summed E-state index contributed by atoms with van der Waals surface area (Å²) >= 11 is 1.76. The Labute approximate surface area is 76.3 Å². The highest BCUT2D eigenvalue weighted by Crippen LogP contribution is 2.27. The van der Waals surface area contributed by atoms with E-state index in [0.29, 0.717) is 0 Å². The Kier molecular flexibility index (Phi) is 1.81. The number of nitrogens with zero attached hydrogens (tertiary/aromatic N) is 1. The maximum Gasteiger partial charge on any atom is 0.198 e. The third-order valence-corrected chi connectivity index (χ3v) is 2.68. The summed E-state index contributed by atoms with van der Waals surface area (Å²) in [5.41, 5.74) is 5.69. The normalized spacial score (nSPS) is 14.2. The summed E-state index contributed by atoms with van der Waals surface area (Å²) in [5, 5.41) is 0. The van der Waals surface area contributed by atoms with Crippen molar-refractivity contribution in [2.24, 2.45) is 0 Å². The van der Waals surface area contributed by atoms with E-state index in [4.69, 9.17) is 0 Å². The summed E-state index contributed by atoms with van der Waals surface area (Å²) in [6, 6.07) is 6.45. The zero-order valence-corrected chi connectivity index (χ0v) is 7.82. The van der Waals surface area contributed by atoms with Crippen LogP contribution >= 0.6 is 11.8 Å². The van der Waals surface area contributed by atoms with Gasteiger partial charge in [-0.15, -0.1) is 16.4 Å². The average Bonchev–Trinajstić information content (AvgIpc) is 2.43. The first-order valence-corrected chi connectivity index (χ1v) is 5.03. The number of hydrazone groups is 1. The summed E-state index contributed by atoms with van der Waals surface area (Å²) in [5.74, 6) is 0. The van der Waals surface area contributed by atoms with Crippen molar-refractivity contribution >= 4 is 24.2 Å². The van der Waals surface area contributed by atoms with Gasteiger partial charge in [0.05, 0.1) is 0 Å². The van der Waals surface area contributed by atoms with Crippen LogP contribution in [0, 0.1) is 0 Å². The Morgan fingerprint density at radius 3 is 3.17 bits per heavy atom. The molecule has 1 aromatic carbocycles. The summed E-state index contributed by atoms with van der Waals surface area (Å²) in [4.78, 5) is 1.29. The van der Waals surface area contributed by atoms with Gasteiger partial charge in [0.15, 0.2) is 13.3 Å². The Morgan fingerprint density at radius 1 is 1.58 bits per heavy atom. The lowest BCUT2D eigenvalue weighted by Gasteiger charge is -1.96. The number of benzene rings is 1. The van der Waals surface area contributed by atoms with Crippen molar-refractivity contribution in [1.29, 1.82) is 0 Å². The minimum Gasteiger partial charge on any atom is -0.166 e. The smallest absolute Gasteiger partial charge is 0.166 e. The van der Waals surface area contributed by atoms with Crippen LogP contribution in [0.4, 0.5) is 5.69 Å². The number of anilines is 1. The van der Waals surface area contributed by atoms with Gasteiger partial charge in [-0.3, -0.25) is 0 Å².